The summed E-state index contributed by atoms with van der Waals surface area (Å²) in [5.74, 6) is 0.502. The van der Waals surface area contributed by atoms with Crippen LogP contribution in [0.5, 0.6) is 0 Å². The second-order valence-electron chi connectivity index (χ2n) is 6.72. The minimum Gasteiger partial charge on any atom is -0.336 e. The number of hydrogen-bond donors (Lipinski definition) is 0. The number of hydrogen-bond acceptors (Lipinski definition) is 4. The van der Waals surface area contributed by atoms with E-state index in [0.717, 1.165) is 26.1 Å². The number of piperazine rings is 1. The molecule has 0 spiro atoms. The van der Waals surface area contributed by atoms with Gasteiger partial charge in [-0.3, -0.25) is 9.69 Å². The van der Waals surface area contributed by atoms with Crippen molar-refractivity contribution in [3.05, 3.63) is 29.8 Å². The Morgan fingerprint density at radius 2 is 1.75 bits per heavy atom. The zero-order valence-electron chi connectivity index (χ0n) is 14.9. The topological polar surface area (TPSA) is 57.7 Å². The first-order valence-electron chi connectivity index (χ1n) is 8.68. The van der Waals surface area contributed by atoms with Gasteiger partial charge in [-0.15, -0.1) is 0 Å². The van der Waals surface area contributed by atoms with Gasteiger partial charge in [-0.1, -0.05) is 32.9 Å². The first kappa shape index (κ1) is 18.9. The summed E-state index contributed by atoms with van der Waals surface area (Å²) in [6.07, 6.45) is 1.16. The van der Waals surface area contributed by atoms with E-state index in [1.807, 2.05) is 0 Å². The third-order valence-electron chi connectivity index (χ3n) is 4.51. The monoisotopic (exact) mass is 352 g/mol. The number of carbonyl (C=O) groups excluding carboxylic acids is 1. The maximum atomic E-state index is 12.8. The summed E-state index contributed by atoms with van der Waals surface area (Å²) >= 11 is 0. The van der Waals surface area contributed by atoms with Crippen LogP contribution < -0.4 is 0 Å². The first-order chi connectivity index (χ1) is 11.3. The molecular weight excluding hydrogens is 324 g/mol. The molecule has 24 heavy (non-hydrogen) atoms. The Hall–Kier alpha value is -1.40. The fourth-order valence-corrected chi connectivity index (χ4v) is 3.94. The lowest BCUT2D eigenvalue weighted by Gasteiger charge is -2.35. The van der Waals surface area contributed by atoms with Gasteiger partial charge in [-0.25, -0.2) is 8.42 Å². The number of rotatable bonds is 6. The van der Waals surface area contributed by atoms with Crippen molar-refractivity contribution in [2.75, 3.05) is 38.5 Å². The highest BCUT2D eigenvalue weighted by molar-refractivity contribution is 7.91. The molecule has 1 heterocycles. The highest BCUT2D eigenvalue weighted by atomic mass is 32.2. The summed E-state index contributed by atoms with van der Waals surface area (Å²) in [5.41, 5.74) is 0.301. The summed E-state index contributed by atoms with van der Waals surface area (Å²) < 4.78 is 24.5. The second-order valence-corrected chi connectivity index (χ2v) is 8.96. The van der Waals surface area contributed by atoms with E-state index in [0.29, 0.717) is 24.6 Å². The number of amides is 1. The Kier molecular flexibility index (Phi) is 6.40. The molecule has 0 saturated carbocycles. The van der Waals surface area contributed by atoms with Crippen molar-refractivity contribution in [2.45, 2.75) is 32.1 Å². The lowest BCUT2D eigenvalue weighted by molar-refractivity contribution is 0.0628. The van der Waals surface area contributed by atoms with Crippen molar-refractivity contribution in [1.82, 2.24) is 9.80 Å². The van der Waals surface area contributed by atoms with Gasteiger partial charge in [-0.05, 0) is 31.0 Å². The minimum absolute atomic E-state index is 0.000271. The Morgan fingerprint density at radius 3 is 2.33 bits per heavy atom. The molecular formula is C18H28N2O3S. The molecule has 0 aromatic heterocycles. The molecule has 1 saturated heterocycles. The molecule has 0 unspecified atom stereocenters. The molecule has 6 heteroatoms. The van der Waals surface area contributed by atoms with Crippen LogP contribution >= 0.6 is 0 Å². The van der Waals surface area contributed by atoms with Crippen LogP contribution in [0.15, 0.2) is 29.2 Å². The molecule has 1 aromatic rings. The van der Waals surface area contributed by atoms with Crippen LogP contribution in [0, 0.1) is 5.92 Å². The van der Waals surface area contributed by atoms with E-state index in [-0.39, 0.29) is 16.6 Å². The maximum Gasteiger partial charge on any atom is 0.255 e. The Bertz CT molecular complexity index is 663. The molecule has 2 rings (SSSR count). The predicted octanol–water partition coefficient (Wildman–Crippen LogP) is 2.28. The van der Waals surface area contributed by atoms with Crippen LogP contribution in [-0.2, 0) is 9.84 Å². The van der Waals surface area contributed by atoms with Crippen LogP contribution in [0.1, 0.15) is 37.6 Å². The van der Waals surface area contributed by atoms with Gasteiger partial charge in [0.15, 0.2) is 9.84 Å². The zero-order chi connectivity index (χ0) is 17.7. The molecule has 1 aromatic carbocycles. The minimum atomic E-state index is -3.40. The van der Waals surface area contributed by atoms with Crippen molar-refractivity contribution in [1.29, 1.82) is 0 Å². The summed E-state index contributed by atoms with van der Waals surface area (Å²) in [5, 5.41) is 0. The van der Waals surface area contributed by atoms with Gasteiger partial charge in [-0.2, -0.15) is 0 Å². The van der Waals surface area contributed by atoms with Crippen molar-refractivity contribution in [2.24, 2.45) is 5.92 Å². The Morgan fingerprint density at radius 1 is 1.12 bits per heavy atom. The standard InChI is InChI=1S/C18H28N2O3S/c1-4-24(22,23)17-8-6-5-7-16(17)18(21)20-13-11-19(12-14-20)10-9-15(2)3/h5-8,15H,4,9-14H2,1-3H3. The van der Waals surface area contributed by atoms with Gasteiger partial charge in [0.05, 0.1) is 16.2 Å². The van der Waals surface area contributed by atoms with E-state index in [4.69, 9.17) is 0 Å². The zero-order valence-corrected chi connectivity index (χ0v) is 15.7. The van der Waals surface area contributed by atoms with Crippen molar-refractivity contribution < 1.29 is 13.2 Å². The third-order valence-corrected chi connectivity index (χ3v) is 6.30. The molecule has 1 aliphatic heterocycles. The van der Waals surface area contributed by atoms with Crippen molar-refractivity contribution in [3.63, 3.8) is 0 Å². The number of carbonyl (C=O) groups is 1. The summed E-state index contributed by atoms with van der Waals surface area (Å²) in [4.78, 5) is 17.1. The maximum absolute atomic E-state index is 12.8. The van der Waals surface area contributed by atoms with Gasteiger partial charge in [0.2, 0.25) is 0 Å². The molecule has 1 aliphatic rings. The lowest BCUT2D eigenvalue weighted by atomic mass is 10.1. The molecule has 0 bridgehead atoms. The molecule has 5 nitrogen and oxygen atoms in total. The van der Waals surface area contributed by atoms with E-state index in [1.165, 1.54) is 6.07 Å². The van der Waals surface area contributed by atoms with Gasteiger partial charge >= 0.3 is 0 Å². The van der Waals surface area contributed by atoms with Gasteiger partial charge in [0, 0.05) is 26.2 Å². The fourth-order valence-electron chi connectivity index (χ4n) is 2.86. The van der Waals surface area contributed by atoms with Crippen molar-refractivity contribution in [3.8, 4) is 0 Å². The molecule has 134 valence electrons. The molecule has 0 radical (unpaired) electrons. The van der Waals surface area contributed by atoms with Crippen LogP contribution in [0.25, 0.3) is 0 Å². The van der Waals surface area contributed by atoms with Crippen LogP contribution in [0.3, 0.4) is 0 Å². The van der Waals surface area contributed by atoms with E-state index < -0.39 is 9.84 Å². The van der Waals surface area contributed by atoms with Gasteiger partial charge in [0.1, 0.15) is 0 Å². The van der Waals surface area contributed by atoms with E-state index in [2.05, 4.69) is 18.7 Å². The van der Waals surface area contributed by atoms with E-state index in [1.54, 1.807) is 30.0 Å². The molecule has 1 amide bonds. The molecule has 1 fully saturated rings. The Labute approximate surface area is 145 Å². The van der Waals surface area contributed by atoms with E-state index >= 15 is 0 Å². The van der Waals surface area contributed by atoms with Gasteiger partial charge in [0.25, 0.3) is 5.91 Å². The highest BCUT2D eigenvalue weighted by Crippen LogP contribution is 2.20. The largest absolute Gasteiger partial charge is 0.336 e. The first-order valence-corrected chi connectivity index (χ1v) is 10.3. The van der Waals surface area contributed by atoms with Crippen LogP contribution in [-0.4, -0.2) is 62.6 Å². The predicted molar refractivity (Wildman–Crippen MR) is 96.0 cm³/mol. The summed E-state index contributed by atoms with van der Waals surface area (Å²) in [6, 6.07) is 6.55. The quantitative estimate of drug-likeness (QED) is 0.788. The SMILES string of the molecule is CCS(=O)(=O)c1ccccc1C(=O)N1CCN(CCC(C)C)CC1. The normalized spacial score (nSPS) is 16.6. The number of benzene rings is 1. The molecule has 0 aliphatic carbocycles. The molecule has 0 atom stereocenters. The second kappa shape index (κ2) is 8.12. The van der Waals surface area contributed by atoms with E-state index in [9.17, 15) is 13.2 Å². The lowest BCUT2D eigenvalue weighted by Crippen LogP contribution is -2.49. The Balaban J connectivity index is 2.07. The summed E-state index contributed by atoms with van der Waals surface area (Å²) in [6.45, 7) is 10.1. The highest BCUT2D eigenvalue weighted by Gasteiger charge is 2.26. The number of nitrogens with zero attached hydrogens (tertiary/aromatic N) is 2. The smallest absolute Gasteiger partial charge is 0.255 e. The van der Waals surface area contributed by atoms with Crippen molar-refractivity contribution >= 4 is 15.7 Å². The average molecular weight is 353 g/mol. The molecule has 0 N–H and O–H groups in total. The van der Waals surface area contributed by atoms with Gasteiger partial charge < -0.3 is 4.90 Å². The average Bonchev–Trinajstić information content (AvgIpc) is 2.59. The number of sulfone groups is 1. The van der Waals surface area contributed by atoms with Crippen LogP contribution in [0.2, 0.25) is 0 Å². The van der Waals surface area contributed by atoms with Crippen LogP contribution in [0.4, 0.5) is 0 Å². The summed E-state index contributed by atoms with van der Waals surface area (Å²) in [7, 11) is -3.40. The fraction of sp³-hybridized carbons (Fsp3) is 0.611. The third kappa shape index (κ3) is 4.57.